The van der Waals surface area contributed by atoms with E-state index in [1.165, 1.54) is 0 Å². The smallest absolute Gasteiger partial charge is 0.227 e. The lowest BCUT2D eigenvalue weighted by Gasteiger charge is -2.42. The summed E-state index contributed by atoms with van der Waals surface area (Å²) in [6, 6.07) is 7.39. The van der Waals surface area contributed by atoms with Crippen LogP contribution in [0.5, 0.6) is 0 Å². The van der Waals surface area contributed by atoms with Crippen molar-refractivity contribution >= 4 is 29.1 Å². The van der Waals surface area contributed by atoms with Crippen molar-refractivity contribution in [2.75, 3.05) is 19.0 Å². The first-order valence-corrected chi connectivity index (χ1v) is 7.57. The van der Waals surface area contributed by atoms with E-state index in [1.54, 1.807) is 6.07 Å². The van der Waals surface area contributed by atoms with E-state index in [4.69, 9.17) is 27.9 Å². The average molecular weight is 316 g/mol. The van der Waals surface area contributed by atoms with Gasteiger partial charge in [-0.1, -0.05) is 23.7 Å². The lowest BCUT2D eigenvalue weighted by molar-refractivity contribution is -0.156. The van der Waals surface area contributed by atoms with Crippen LogP contribution < -0.4 is 0 Å². The molecule has 20 heavy (non-hydrogen) atoms. The monoisotopic (exact) mass is 315 g/mol. The van der Waals surface area contributed by atoms with Crippen LogP contribution in [-0.4, -0.2) is 41.5 Å². The van der Waals surface area contributed by atoms with Gasteiger partial charge in [-0.3, -0.25) is 4.79 Å². The molecular formula is C15H19Cl2NO2. The second kappa shape index (κ2) is 6.33. The normalized spacial score (nSPS) is 21.8. The van der Waals surface area contributed by atoms with Crippen LogP contribution in [0.15, 0.2) is 24.3 Å². The summed E-state index contributed by atoms with van der Waals surface area (Å²) in [6.07, 6.45) is 0.245. The van der Waals surface area contributed by atoms with Crippen molar-refractivity contribution in [2.24, 2.45) is 0 Å². The highest BCUT2D eigenvalue weighted by molar-refractivity contribution is 6.30. The van der Waals surface area contributed by atoms with Gasteiger partial charge in [-0.15, -0.1) is 11.6 Å². The van der Waals surface area contributed by atoms with Gasteiger partial charge < -0.3 is 9.64 Å². The van der Waals surface area contributed by atoms with Gasteiger partial charge in [0.1, 0.15) is 0 Å². The van der Waals surface area contributed by atoms with Crippen molar-refractivity contribution in [1.29, 1.82) is 0 Å². The molecule has 1 aromatic rings. The lowest BCUT2D eigenvalue weighted by atomic mass is 10.0. The number of alkyl halides is 1. The van der Waals surface area contributed by atoms with Gasteiger partial charge in [-0.25, -0.2) is 0 Å². The van der Waals surface area contributed by atoms with Gasteiger partial charge in [0, 0.05) is 18.1 Å². The number of hydrogen-bond acceptors (Lipinski definition) is 2. The number of carbonyl (C=O) groups is 1. The van der Waals surface area contributed by atoms with Gasteiger partial charge in [0.15, 0.2) is 0 Å². The fourth-order valence-electron chi connectivity index (χ4n) is 2.50. The number of nitrogens with zero attached hydrogens (tertiary/aromatic N) is 1. The number of ether oxygens (including phenoxy) is 1. The molecule has 0 bridgehead atoms. The number of amides is 1. The zero-order valence-corrected chi connectivity index (χ0v) is 13.2. The largest absolute Gasteiger partial charge is 0.367 e. The Balaban J connectivity index is 2.04. The summed E-state index contributed by atoms with van der Waals surface area (Å²) in [6.45, 7) is 5.09. The molecule has 3 nitrogen and oxygen atoms in total. The average Bonchev–Trinajstić information content (AvgIpc) is 2.36. The van der Waals surface area contributed by atoms with Crippen LogP contribution in [0.2, 0.25) is 5.02 Å². The van der Waals surface area contributed by atoms with E-state index in [0.29, 0.717) is 30.4 Å². The van der Waals surface area contributed by atoms with Crippen molar-refractivity contribution in [1.82, 2.24) is 4.90 Å². The molecule has 0 aliphatic carbocycles. The lowest BCUT2D eigenvalue weighted by Crippen LogP contribution is -2.55. The Kier molecular flexibility index (Phi) is 4.95. The highest BCUT2D eigenvalue weighted by Gasteiger charge is 2.35. The molecule has 1 saturated heterocycles. The molecule has 0 N–H and O–H groups in total. The predicted molar refractivity (Wildman–Crippen MR) is 81.4 cm³/mol. The van der Waals surface area contributed by atoms with E-state index in [9.17, 15) is 4.79 Å². The molecule has 5 heteroatoms. The van der Waals surface area contributed by atoms with Crippen molar-refractivity contribution in [2.45, 2.75) is 32.0 Å². The molecule has 1 amide bonds. The minimum absolute atomic E-state index is 0.0822. The number of morpholine rings is 1. The van der Waals surface area contributed by atoms with E-state index in [-0.39, 0.29) is 17.6 Å². The Morgan fingerprint density at radius 2 is 2.25 bits per heavy atom. The van der Waals surface area contributed by atoms with Crippen LogP contribution in [0.25, 0.3) is 0 Å². The van der Waals surface area contributed by atoms with Gasteiger partial charge in [-0.05, 0) is 31.5 Å². The van der Waals surface area contributed by atoms with Crippen molar-refractivity contribution in [3.05, 3.63) is 34.9 Å². The molecule has 1 aliphatic rings. The zero-order valence-electron chi connectivity index (χ0n) is 11.7. The van der Waals surface area contributed by atoms with Crippen molar-refractivity contribution in [3.8, 4) is 0 Å². The molecule has 0 aromatic heterocycles. The maximum Gasteiger partial charge on any atom is 0.227 e. The highest BCUT2D eigenvalue weighted by Crippen LogP contribution is 2.22. The van der Waals surface area contributed by atoms with Gasteiger partial charge >= 0.3 is 0 Å². The number of rotatable bonds is 3. The molecule has 110 valence electrons. The summed E-state index contributed by atoms with van der Waals surface area (Å²) in [5, 5.41) is 0.649. The van der Waals surface area contributed by atoms with Crippen LogP contribution in [0, 0.1) is 0 Å². The second-order valence-corrected chi connectivity index (χ2v) is 6.48. The van der Waals surface area contributed by atoms with Crippen LogP contribution in [0.1, 0.15) is 19.4 Å². The Bertz CT molecular complexity index is 491. The molecule has 2 rings (SSSR count). The summed E-state index contributed by atoms with van der Waals surface area (Å²) in [5.41, 5.74) is 0.566. The van der Waals surface area contributed by atoms with Gasteiger partial charge in [0.25, 0.3) is 0 Å². The summed E-state index contributed by atoms with van der Waals surface area (Å²) in [4.78, 5) is 14.2. The van der Waals surface area contributed by atoms with Crippen molar-refractivity contribution < 1.29 is 9.53 Å². The first-order chi connectivity index (χ1) is 9.39. The van der Waals surface area contributed by atoms with Crippen LogP contribution in [0.3, 0.4) is 0 Å². The number of halogens is 2. The van der Waals surface area contributed by atoms with E-state index in [2.05, 4.69) is 0 Å². The quantitative estimate of drug-likeness (QED) is 0.802. The van der Waals surface area contributed by atoms with Gasteiger partial charge in [0.2, 0.25) is 5.91 Å². The standard InChI is InChI=1S/C15H19Cl2NO2/c1-15(2)10-18(9-13(8-16)20-15)14(19)7-11-4-3-5-12(17)6-11/h3-6,13H,7-10H2,1-2H3. The van der Waals surface area contributed by atoms with E-state index >= 15 is 0 Å². The first-order valence-electron chi connectivity index (χ1n) is 6.65. The topological polar surface area (TPSA) is 29.5 Å². The minimum Gasteiger partial charge on any atom is -0.367 e. The molecule has 1 heterocycles. The molecule has 0 spiro atoms. The van der Waals surface area contributed by atoms with Crippen molar-refractivity contribution in [3.63, 3.8) is 0 Å². The minimum atomic E-state index is -0.359. The summed E-state index contributed by atoms with van der Waals surface area (Å²) >= 11 is 11.8. The Morgan fingerprint density at radius 1 is 1.50 bits per heavy atom. The summed E-state index contributed by atoms with van der Waals surface area (Å²) in [7, 11) is 0. The maximum atomic E-state index is 12.4. The third kappa shape index (κ3) is 4.11. The molecule has 0 saturated carbocycles. The van der Waals surface area contributed by atoms with E-state index < -0.39 is 0 Å². The molecule has 1 unspecified atom stereocenters. The number of carbonyl (C=O) groups excluding carboxylic acids is 1. The van der Waals surface area contributed by atoms with Crippen LogP contribution in [-0.2, 0) is 16.0 Å². The third-order valence-corrected chi connectivity index (χ3v) is 3.83. The number of hydrogen-bond donors (Lipinski definition) is 0. The molecule has 1 aromatic carbocycles. The Morgan fingerprint density at radius 3 is 2.90 bits per heavy atom. The summed E-state index contributed by atoms with van der Waals surface area (Å²) < 4.78 is 5.83. The Hall–Kier alpha value is -0.770. The van der Waals surface area contributed by atoms with Gasteiger partial charge in [-0.2, -0.15) is 0 Å². The first kappa shape index (κ1) is 15.6. The second-order valence-electron chi connectivity index (χ2n) is 5.73. The summed E-state index contributed by atoms with van der Waals surface area (Å²) in [5.74, 6) is 0.475. The van der Waals surface area contributed by atoms with E-state index in [0.717, 1.165) is 5.56 Å². The molecule has 0 radical (unpaired) electrons. The fourth-order valence-corrected chi connectivity index (χ4v) is 2.87. The fraction of sp³-hybridized carbons (Fsp3) is 0.533. The molecule has 1 atom stereocenters. The molecule has 1 aliphatic heterocycles. The SMILES string of the molecule is CC1(C)CN(C(=O)Cc2cccc(Cl)c2)CC(CCl)O1. The highest BCUT2D eigenvalue weighted by atomic mass is 35.5. The molecular weight excluding hydrogens is 297 g/mol. The predicted octanol–water partition coefficient (Wildman–Crippen LogP) is 3.13. The maximum absolute atomic E-state index is 12.4. The molecule has 1 fully saturated rings. The van der Waals surface area contributed by atoms with Gasteiger partial charge in [0.05, 0.1) is 24.0 Å². The number of benzene rings is 1. The Labute approximate surface area is 129 Å². The van der Waals surface area contributed by atoms with Crippen LogP contribution in [0.4, 0.5) is 0 Å². The van der Waals surface area contributed by atoms with Crippen LogP contribution >= 0.6 is 23.2 Å². The third-order valence-electron chi connectivity index (χ3n) is 3.25. The van der Waals surface area contributed by atoms with E-state index in [1.807, 2.05) is 36.9 Å². The zero-order chi connectivity index (χ0) is 14.8.